The van der Waals surface area contributed by atoms with Crippen LogP contribution in [0.4, 0.5) is 0 Å². The van der Waals surface area contributed by atoms with Crippen molar-refractivity contribution in [2.45, 2.75) is 0 Å². The van der Waals surface area contributed by atoms with Crippen LogP contribution >= 0.6 is 23.4 Å². The zero-order valence-corrected chi connectivity index (χ0v) is 14.2. The van der Waals surface area contributed by atoms with E-state index < -0.39 is 5.97 Å². The van der Waals surface area contributed by atoms with E-state index >= 15 is 0 Å². The Bertz CT molecular complexity index is 733. The van der Waals surface area contributed by atoms with Crippen LogP contribution in [0.15, 0.2) is 59.7 Å². The molecule has 0 saturated carbocycles. The van der Waals surface area contributed by atoms with Crippen molar-refractivity contribution in [3.8, 4) is 0 Å². The van der Waals surface area contributed by atoms with Gasteiger partial charge in [-0.2, -0.15) is 5.10 Å². The number of halogens is 1. The fraction of sp³-hybridized carbons (Fsp3) is 0.118. The molecule has 0 radical (unpaired) electrons. The Labute approximate surface area is 148 Å². The molecule has 2 rings (SSSR count). The third kappa shape index (κ3) is 5.72. The smallest absolute Gasteiger partial charge is 0.313 e. The highest BCUT2D eigenvalue weighted by Crippen LogP contribution is 2.10. The number of hydrazone groups is 1. The molecule has 124 valence electrons. The van der Waals surface area contributed by atoms with E-state index in [4.69, 9.17) is 16.7 Å². The minimum Gasteiger partial charge on any atom is -0.481 e. The van der Waals surface area contributed by atoms with E-state index in [1.807, 2.05) is 30.3 Å². The second-order valence-electron chi connectivity index (χ2n) is 4.76. The molecule has 0 atom stereocenters. The van der Waals surface area contributed by atoms with Gasteiger partial charge in [0.15, 0.2) is 0 Å². The number of rotatable bonds is 7. The number of thioether (sulfide) groups is 1. The number of carboxylic acid groups (broad SMARTS) is 1. The van der Waals surface area contributed by atoms with E-state index in [1.54, 1.807) is 24.3 Å². The summed E-state index contributed by atoms with van der Waals surface area (Å²) in [4.78, 5) is 22.8. The first-order valence-electron chi connectivity index (χ1n) is 7.03. The molecule has 0 saturated heterocycles. The molecule has 2 aromatic rings. The standard InChI is InChI=1S/C17H15ClN2O3S/c18-14-8-6-13(7-9-14)17(23)20-19-15(10-24-11-16(21)22)12-4-2-1-3-5-12/h1-9H,10-11H2,(H,20,23)(H,21,22)/b19-15+. The van der Waals surface area contributed by atoms with Crippen molar-refractivity contribution >= 4 is 41.0 Å². The summed E-state index contributed by atoms with van der Waals surface area (Å²) in [6, 6.07) is 15.8. The quantitative estimate of drug-likeness (QED) is 0.585. The topological polar surface area (TPSA) is 78.8 Å². The summed E-state index contributed by atoms with van der Waals surface area (Å²) in [6.07, 6.45) is 0. The van der Waals surface area contributed by atoms with Gasteiger partial charge in [-0.3, -0.25) is 9.59 Å². The second kappa shape index (κ2) is 9.10. The van der Waals surface area contributed by atoms with Gasteiger partial charge in [0.05, 0.1) is 11.5 Å². The Morgan fingerprint density at radius 1 is 1.00 bits per heavy atom. The molecule has 2 aromatic carbocycles. The Kier molecular flexibility index (Phi) is 6.84. The normalized spacial score (nSPS) is 11.1. The van der Waals surface area contributed by atoms with Crippen LogP contribution < -0.4 is 5.43 Å². The summed E-state index contributed by atoms with van der Waals surface area (Å²) in [7, 11) is 0. The molecule has 0 heterocycles. The first kappa shape index (κ1) is 18.0. The molecule has 0 unspecified atom stereocenters. The van der Waals surface area contributed by atoms with Gasteiger partial charge < -0.3 is 5.11 Å². The predicted octanol–water partition coefficient (Wildman–Crippen LogP) is 3.29. The van der Waals surface area contributed by atoms with E-state index in [0.717, 1.165) is 5.56 Å². The molecule has 2 N–H and O–H groups in total. The molecule has 5 nitrogen and oxygen atoms in total. The first-order chi connectivity index (χ1) is 11.6. The molecule has 0 spiro atoms. The molecule has 0 bridgehead atoms. The molecular weight excluding hydrogens is 348 g/mol. The maximum atomic E-state index is 12.1. The number of benzene rings is 2. The molecule has 0 aliphatic heterocycles. The molecule has 0 aromatic heterocycles. The van der Waals surface area contributed by atoms with Crippen LogP contribution in [0, 0.1) is 0 Å². The number of carbonyl (C=O) groups is 2. The number of amides is 1. The third-order valence-electron chi connectivity index (χ3n) is 2.97. The van der Waals surface area contributed by atoms with Gasteiger partial charge in [-0.15, -0.1) is 11.8 Å². The predicted molar refractivity (Wildman–Crippen MR) is 96.9 cm³/mol. The summed E-state index contributed by atoms with van der Waals surface area (Å²) in [5.41, 5.74) is 4.37. The van der Waals surface area contributed by atoms with Crippen molar-refractivity contribution in [2.24, 2.45) is 5.10 Å². The van der Waals surface area contributed by atoms with E-state index in [0.29, 0.717) is 22.1 Å². The number of nitrogens with zero attached hydrogens (tertiary/aromatic N) is 1. The second-order valence-corrected chi connectivity index (χ2v) is 6.18. The fourth-order valence-corrected chi connectivity index (χ4v) is 2.66. The minimum atomic E-state index is -0.891. The van der Waals surface area contributed by atoms with Gasteiger partial charge in [0.25, 0.3) is 5.91 Å². The lowest BCUT2D eigenvalue weighted by Crippen LogP contribution is -2.21. The molecule has 7 heteroatoms. The summed E-state index contributed by atoms with van der Waals surface area (Å²) < 4.78 is 0. The fourth-order valence-electron chi connectivity index (χ4n) is 1.83. The van der Waals surface area contributed by atoms with Gasteiger partial charge in [0, 0.05) is 16.3 Å². The van der Waals surface area contributed by atoms with Gasteiger partial charge in [-0.05, 0) is 29.8 Å². The van der Waals surface area contributed by atoms with Crippen molar-refractivity contribution in [3.05, 3.63) is 70.7 Å². The highest BCUT2D eigenvalue weighted by atomic mass is 35.5. The lowest BCUT2D eigenvalue weighted by molar-refractivity contribution is -0.133. The maximum Gasteiger partial charge on any atom is 0.313 e. The monoisotopic (exact) mass is 362 g/mol. The van der Waals surface area contributed by atoms with Crippen LogP contribution in [0.1, 0.15) is 15.9 Å². The van der Waals surface area contributed by atoms with Gasteiger partial charge >= 0.3 is 5.97 Å². The highest BCUT2D eigenvalue weighted by molar-refractivity contribution is 8.00. The van der Waals surface area contributed by atoms with Crippen LogP contribution in [-0.4, -0.2) is 34.2 Å². The number of carbonyl (C=O) groups excluding carboxylic acids is 1. The molecular formula is C17H15ClN2O3S. The van der Waals surface area contributed by atoms with E-state index in [9.17, 15) is 9.59 Å². The average Bonchev–Trinajstić information content (AvgIpc) is 2.58. The van der Waals surface area contributed by atoms with Crippen LogP contribution in [0.3, 0.4) is 0 Å². The van der Waals surface area contributed by atoms with Crippen LogP contribution in [0.5, 0.6) is 0 Å². The van der Waals surface area contributed by atoms with Gasteiger partial charge in [-0.25, -0.2) is 5.43 Å². The van der Waals surface area contributed by atoms with Gasteiger partial charge in [-0.1, -0.05) is 41.9 Å². The molecule has 0 aliphatic carbocycles. The number of hydrogen-bond acceptors (Lipinski definition) is 4. The minimum absolute atomic E-state index is 0.0308. The zero-order valence-electron chi connectivity index (χ0n) is 12.6. The first-order valence-corrected chi connectivity index (χ1v) is 8.57. The number of carboxylic acids is 1. The highest BCUT2D eigenvalue weighted by Gasteiger charge is 2.08. The van der Waals surface area contributed by atoms with Crippen LogP contribution in [-0.2, 0) is 4.79 Å². The van der Waals surface area contributed by atoms with E-state index in [2.05, 4.69) is 10.5 Å². The molecule has 0 fully saturated rings. The lowest BCUT2D eigenvalue weighted by Gasteiger charge is -2.07. The zero-order chi connectivity index (χ0) is 17.4. The number of nitrogens with one attached hydrogen (secondary N) is 1. The lowest BCUT2D eigenvalue weighted by atomic mass is 10.1. The Morgan fingerprint density at radius 2 is 1.67 bits per heavy atom. The Morgan fingerprint density at radius 3 is 2.29 bits per heavy atom. The number of hydrogen-bond donors (Lipinski definition) is 2. The summed E-state index contributed by atoms with van der Waals surface area (Å²) >= 11 is 7.01. The molecule has 0 aliphatic rings. The van der Waals surface area contributed by atoms with Crippen LogP contribution in [0.2, 0.25) is 5.02 Å². The Balaban J connectivity index is 2.10. The van der Waals surface area contributed by atoms with Crippen molar-refractivity contribution < 1.29 is 14.7 Å². The third-order valence-corrected chi connectivity index (χ3v) is 4.15. The van der Waals surface area contributed by atoms with E-state index in [1.165, 1.54) is 11.8 Å². The van der Waals surface area contributed by atoms with Crippen molar-refractivity contribution in [3.63, 3.8) is 0 Å². The van der Waals surface area contributed by atoms with Crippen LogP contribution in [0.25, 0.3) is 0 Å². The molecule has 1 amide bonds. The Hall–Kier alpha value is -2.31. The number of aliphatic carboxylic acids is 1. The summed E-state index contributed by atoms with van der Waals surface area (Å²) in [5, 5.41) is 13.5. The van der Waals surface area contributed by atoms with Gasteiger partial charge in [0.1, 0.15) is 0 Å². The average molecular weight is 363 g/mol. The summed E-state index contributed by atoms with van der Waals surface area (Å²) in [6.45, 7) is 0. The maximum absolute atomic E-state index is 12.1. The SMILES string of the molecule is O=C(O)CSC/C(=N\NC(=O)c1ccc(Cl)cc1)c1ccccc1. The van der Waals surface area contributed by atoms with E-state index in [-0.39, 0.29) is 11.7 Å². The van der Waals surface area contributed by atoms with Gasteiger partial charge in [0.2, 0.25) is 0 Å². The summed E-state index contributed by atoms with van der Waals surface area (Å²) in [5.74, 6) is -0.908. The largest absolute Gasteiger partial charge is 0.481 e. The van der Waals surface area contributed by atoms with Crippen molar-refractivity contribution in [1.29, 1.82) is 0 Å². The molecule has 24 heavy (non-hydrogen) atoms. The van der Waals surface area contributed by atoms with Crippen molar-refractivity contribution in [2.75, 3.05) is 11.5 Å². The van der Waals surface area contributed by atoms with Crippen molar-refractivity contribution in [1.82, 2.24) is 5.43 Å².